The molecule has 1 aromatic carbocycles. The lowest BCUT2D eigenvalue weighted by Crippen LogP contribution is -2.38. The van der Waals surface area contributed by atoms with Crippen molar-refractivity contribution in [2.24, 2.45) is 5.92 Å². The quantitative estimate of drug-likeness (QED) is 0.286. The van der Waals surface area contributed by atoms with Gasteiger partial charge < -0.3 is 19.5 Å². The number of aryl methyl sites for hydroxylation is 2. The summed E-state index contributed by atoms with van der Waals surface area (Å²) in [6.45, 7) is 9.84. The Morgan fingerprint density at radius 1 is 1.20 bits per heavy atom. The van der Waals surface area contributed by atoms with Crippen LogP contribution in [0.25, 0.3) is 0 Å². The van der Waals surface area contributed by atoms with Crippen molar-refractivity contribution in [2.75, 3.05) is 38.7 Å². The van der Waals surface area contributed by atoms with Crippen LogP contribution in [0.5, 0.6) is 0 Å². The molecule has 0 aliphatic carbocycles. The van der Waals surface area contributed by atoms with E-state index in [-0.39, 0.29) is 23.8 Å². The number of benzene rings is 1. The highest BCUT2D eigenvalue weighted by atomic mass is 16.5. The fourth-order valence-electron chi connectivity index (χ4n) is 6.51. The van der Waals surface area contributed by atoms with Gasteiger partial charge in [-0.2, -0.15) is 0 Å². The van der Waals surface area contributed by atoms with E-state index in [0.717, 1.165) is 93.8 Å². The zero-order valence-electron chi connectivity index (χ0n) is 24.8. The highest BCUT2D eigenvalue weighted by Crippen LogP contribution is 2.43. The van der Waals surface area contributed by atoms with Crippen LogP contribution < -0.4 is 5.32 Å². The fourth-order valence-corrected chi connectivity index (χ4v) is 6.51. The third-order valence-electron chi connectivity index (χ3n) is 8.86. The van der Waals surface area contributed by atoms with E-state index in [4.69, 9.17) is 19.2 Å². The molecule has 4 heterocycles. The van der Waals surface area contributed by atoms with Crippen LogP contribution in [0.1, 0.15) is 93.8 Å². The van der Waals surface area contributed by atoms with Gasteiger partial charge in [0.15, 0.2) is 0 Å². The molecule has 0 radical (unpaired) electrons. The minimum atomic E-state index is -0.459. The topological polar surface area (TPSA) is 72.9 Å². The van der Waals surface area contributed by atoms with Crippen LogP contribution in [-0.2, 0) is 31.8 Å². The first-order valence-corrected chi connectivity index (χ1v) is 15.3. The van der Waals surface area contributed by atoms with E-state index in [1.165, 1.54) is 19.1 Å². The lowest BCUT2D eigenvalue weighted by Gasteiger charge is -2.41. The van der Waals surface area contributed by atoms with Gasteiger partial charge in [-0.3, -0.25) is 4.90 Å². The molecule has 5 rings (SSSR count). The van der Waals surface area contributed by atoms with Gasteiger partial charge in [-0.15, -0.1) is 0 Å². The van der Waals surface area contributed by atoms with Crippen molar-refractivity contribution in [3.8, 4) is 0 Å². The van der Waals surface area contributed by atoms with Crippen molar-refractivity contribution in [1.82, 2.24) is 9.88 Å². The molecule has 40 heavy (non-hydrogen) atoms. The number of nitrogens with zero attached hydrogens (tertiary/aromatic N) is 2. The normalized spacial score (nSPS) is 25.1. The Morgan fingerprint density at radius 3 is 2.90 bits per heavy atom. The second kappa shape index (κ2) is 13.0. The number of nitrogens with one attached hydrogen (secondary N) is 1. The molecule has 3 aliphatic rings. The number of fused-ring (bicyclic) bond motifs is 1. The van der Waals surface area contributed by atoms with Crippen LogP contribution >= 0.6 is 0 Å². The smallest absolute Gasteiger partial charge is 0.327 e. The third kappa shape index (κ3) is 6.87. The summed E-state index contributed by atoms with van der Waals surface area (Å²) < 4.78 is 18.2. The number of carbonyl (C=O) groups excluding carboxylic acids is 1. The first-order chi connectivity index (χ1) is 19.3. The summed E-state index contributed by atoms with van der Waals surface area (Å²) in [5.74, 6) is 1.23. The summed E-state index contributed by atoms with van der Waals surface area (Å²) in [4.78, 5) is 20.3. The van der Waals surface area contributed by atoms with Crippen molar-refractivity contribution >= 4 is 11.8 Å². The van der Waals surface area contributed by atoms with Crippen molar-refractivity contribution in [2.45, 2.75) is 96.0 Å². The van der Waals surface area contributed by atoms with Crippen molar-refractivity contribution in [3.63, 3.8) is 0 Å². The van der Waals surface area contributed by atoms with Gasteiger partial charge in [0.2, 0.25) is 0 Å². The summed E-state index contributed by atoms with van der Waals surface area (Å²) in [7, 11) is 1.48. The largest absolute Gasteiger partial charge is 0.468 e. The standard InChI is InChI=1S/C33H47N3O4/c1-23-16-18-33(2,3)40-30(23)28-13-6-5-12-27(28)29(32(37)38-4)36-20-17-26(22-36)39-21-8-7-11-25-15-14-24-10-9-19-34-31(24)35-25/h5-6,12-15,23,26,29-30H,7-11,16-22H2,1-4H3,(H,34,35)/t23?,26-,29+,30?/m1/s1. The monoisotopic (exact) mass is 549 g/mol. The maximum absolute atomic E-state index is 13.2. The molecule has 7 nitrogen and oxygen atoms in total. The number of ether oxygens (including phenoxy) is 3. The lowest BCUT2D eigenvalue weighted by molar-refractivity contribution is -0.147. The summed E-state index contributed by atoms with van der Waals surface area (Å²) in [6.07, 6.45) is 8.46. The Bertz CT molecular complexity index is 1150. The predicted octanol–water partition coefficient (Wildman–Crippen LogP) is 6.03. The highest BCUT2D eigenvalue weighted by Gasteiger charge is 2.40. The maximum Gasteiger partial charge on any atom is 0.327 e. The average Bonchev–Trinajstić information content (AvgIpc) is 3.42. The van der Waals surface area contributed by atoms with Gasteiger partial charge >= 0.3 is 5.97 Å². The number of carbonyl (C=O) groups is 1. The number of rotatable bonds is 10. The molecular formula is C33H47N3O4. The molecule has 0 spiro atoms. The van der Waals surface area contributed by atoms with Crippen molar-refractivity contribution < 1.29 is 19.0 Å². The van der Waals surface area contributed by atoms with Crippen LogP contribution in [-0.4, -0.2) is 60.9 Å². The van der Waals surface area contributed by atoms with Gasteiger partial charge in [-0.05, 0) is 93.9 Å². The Morgan fingerprint density at radius 2 is 2.05 bits per heavy atom. The van der Waals surface area contributed by atoms with Gasteiger partial charge in [0.05, 0.1) is 24.9 Å². The van der Waals surface area contributed by atoms with E-state index in [0.29, 0.717) is 5.92 Å². The molecule has 0 saturated carbocycles. The van der Waals surface area contributed by atoms with Crippen LogP contribution in [0.3, 0.4) is 0 Å². The average molecular weight is 550 g/mol. The van der Waals surface area contributed by atoms with Crippen LogP contribution in [0.4, 0.5) is 5.82 Å². The first kappa shape index (κ1) is 29.0. The summed E-state index contributed by atoms with van der Waals surface area (Å²) in [6, 6.07) is 12.2. The predicted molar refractivity (Wildman–Crippen MR) is 157 cm³/mol. The molecule has 2 fully saturated rings. The number of hydrogen-bond acceptors (Lipinski definition) is 7. The molecule has 1 N–H and O–H groups in total. The molecule has 3 aliphatic heterocycles. The van der Waals surface area contributed by atoms with Crippen molar-refractivity contribution in [3.05, 3.63) is 58.8 Å². The van der Waals surface area contributed by atoms with E-state index < -0.39 is 6.04 Å². The molecule has 2 saturated heterocycles. The second-order valence-corrected chi connectivity index (χ2v) is 12.4. The number of methoxy groups -OCH3 is 1. The van der Waals surface area contributed by atoms with Gasteiger partial charge in [0.1, 0.15) is 11.9 Å². The van der Waals surface area contributed by atoms with E-state index in [1.807, 2.05) is 6.07 Å². The number of hydrogen-bond donors (Lipinski definition) is 1. The molecule has 4 atom stereocenters. The minimum Gasteiger partial charge on any atom is -0.468 e. The van der Waals surface area contributed by atoms with Crippen LogP contribution in [0, 0.1) is 5.92 Å². The molecule has 0 bridgehead atoms. The third-order valence-corrected chi connectivity index (χ3v) is 8.86. The van der Waals surface area contributed by atoms with Gasteiger partial charge in [-0.25, -0.2) is 9.78 Å². The Hall–Kier alpha value is -2.48. The molecule has 2 unspecified atom stereocenters. The molecule has 1 aromatic heterocycles. The lowest BCUT2D eigenvalue weighted by atomic mass is 9.82. The summed E-state index contributed by atoms with van der Waals surface area (Å²) in [5.41, 5.74) is 4.41. The molecule has 218 valence electrons. The Labute approximate surface area is 240 Å². The molecule has 0 amide bonds. The zero-order chi connectivity index (χ0) is 28.1. The number of pyridine rings is 1. The minimum absolute atomic E-state index is 0.0397. The number of anilines is 1. The van der Waals surface area contributed by atoms with Gasteiger partial charge in [0.25, 0.3) is 0 Å². The number of likely N-dealkylation sites (tertiary alicyclic amines) is 1. The van der Waals surface area contributed by atoms with Crippen LogP contribution in [0.2, 0.25) is 0 Å². The van der Waals surface area contributed by atoms with E-state index in [1.54, 1.807) is 0 Å². The van der Waals surface area contributed by atoms with Crippen molar-refractivity contribution in [1.29, 1.82) is 0 Å². The molecule has 2 aromatic rings. The second-order valence-electron chi connectivity index (χ2n) is 12.4. The van der Waals surface area contributed by atoms with Gasteiger partial charge in [0, 0.05) is 31.9 Å². The SMILES string of the molecule is COC(=O)[C@H](c1ccccc1C1OC(C)(C)CCC1C)N1CC[C@@H](OCCCCc2ccc3c(n2)NCCC3)C1. The van der Waals surface area contributed by atoms with Gasteiger partial charge in [-0.1, -0.05) is 37.3 Å². The number of aromatic nitrogens is 1. The maximum atomic E-state index is 13.2. The first-order valence-electron chi connectivity index (χ1n) is 15.3. The molecular weight excluding hydrogens is 502 g/mol. The zero-order valence-corrected chi connectivity index (χ0v) is 24.8. The van der Waals surface area contributed by atoms with E-state index >= 15 is 0 Å². The molecule has 7 heteroatoms. The van der Waals surface area contributed by atoms with E-state index in [2.05, 4.69) is 61.3 Å². The Balaban J connectivity index is 1.17. The van der Waals surface area contributed by atoms with Crippen LogP contribution in [0.15, 0.2) is 36.4 Å². The highest BCUT2D eigenvalue weighted by molar-refractivity contribution is 5.78. The summed E-state index contributed by atoms with van der Waals surface area (Å²) >= 11 is 0. The number of unbranched alkanes of at least 4 members (excludes halogenated alkanes) is 1. The fraction of sp³-hybridized carbons (Fsp3) is 0.636. The Kier molecular flexibility index (Phi) is 9.44. The summed E-state index contributed by atoms with van der Waals surface area (Å²) in [5, 5.41) is 3.43. The number of esters is 1. The van der Waals surface area contributed by atoms with E-state index in [9.17, 15) is 4.79 Å².